The first-order chi connectivity index (χ1) is 12.1. The molecule has 0 atom stereocenters. The van der Waals surface area contributed by atoms with Gasteiger partial charge < -0.3 is 15.2 Å². The van der Waals surface area contributed by atoms with E-state index in [4.69, 9.17) is 21.9 Å². The van der Waals surface area contributed by atoms with Gasteiger partial charge in [0.2, 0.25) is 11.1 Å². The summed E-state index contributed by atoms with van der Waals surface area (Å²) >= 11 is 7.38. The summed E-state index contributed by atoms with van der Waals surface area (Å²) in [7, 11) is 1.72. The van der Waals surface area contributed by atoms with E-state index in [0.717, 1.165) is 5.76 Å². The molecule has 9 heteroatoms. The number of hydrogen-bond donors (Lipinski definition) is 1. The second-order valence-corrected chi connectivity index (χ2v) is 6.62. The molecule has 1 aromatic carbocycles. The van der Waals surface area contributed by atoms with Crippen LogP contribution in [0.15, 0.2) is 52.2 Å². The molecule has 0 fully saturated rings. The van der Waals surface area contributed by atoms with Crippen molar-refractivity contribution in [3.8, 4) is 11.4 Å². The minimum absolute atomic E-state index is 0.0660. The van der Waals surface area contributed by atoms with Crippen LogP contribution < -0.4 is 5.84 Å². The van der Waals surface area contributed by atoms with Gasteiger partial charge in [0, 0.05) is 12.6 Å². The molecule has 0 spiro atoms. The molecule has 25 heavy (non-hydrogen) atoms. The number of nitrogen functional groups attached to an aromatic ring is 1. The van der Waals surface area contributed by atoms with Gasteiger partial charge in [-0.2, -0.15) is 0 Å². The molecular formula is C16H16ClN5O2S. The molecular weight excluding hydrogens is 362 g/mol. The van der Waals surface area contributed by atoms with Crippen molar-refractivity contribution in [3.63, 3.8) is 0 Å². The summed E-state index contributed by atoms with van der Waals surface area (Å²) in [5, 5.41) is 9.09. The second kappa shape index (κ2) is 7.62. The molecule has 2 N–H and O–H groups in total. The number of nitrogens with zero attached hydrogens (tertiary/aromatic N) is 4. The van der Waals surface area contributed by atoms with Crippen LogP contribution in [0.5, 0.6) is 0 Å². The van der Waals surface area contributed by atoms with Crippen LogP contribution in [0, 0.1) is 0 Å². The molecule has 7 nitrogen and oxygen atoms in total. The van der Waals surface area contributed by atoms with E-state index in [0.29, 0.717) is 28.1 Å². The maximum atomic E-state index is 12.2. The predicted octanol–water partition coefficient (Wildman–Crippen LogP) is 2.66. The fourth-order valence-electron chi connectivity index (χ4n) is 2.16. The van der Waals surface area contributed by atoms with E-state index in [-0.39, 0.29) is 11.7 Å². The van der Waals surface area contributed by atoms with Gasteiger partial charge in [-0.25, -0.2) is 4.68 Å². The van der Waals surface area contributed by atoms with Crippen molar-refractivity contribution >= 4 is 29.3 Å². The highest BCUT2D eigenvalue weighted by Gasteiger charge is 2.17. The molecule has 0 aliphatic heterocycles. The standard InChI is InChI=1S/C16H16ClN5O2S/c1-21(9-11-5-4-8-24-11)14(23)10-25-16-20-19-15(22(16)18)12-6-2-3-7-13(12)17/h2-8H,9-10,18H2,1H3. The summed E-state index contributed by atoms with van der Waals surface area (Å²) in [6.07, 6.45) is 1.58. The van der Waals surface area contributed by atoms with Crippen LogP contribution in [0.4, 0.5) is 0 Å². The van der Waals surface area contributed by atoms with Crippen molar-refractivity contribution in [3.05, 3.63) is 53.4 Å². The summed E-state index contributed by atoms with van der Waals surface area (Å²) in [6.45, 7) is 0.409. The third kappa shape index (κ3) is 3.97. The Labute approximate surface area is 153 Å². The molecule has 1 amide bonds. The number of carbonyl (C=O) groups excluding carboxylic acids is 1. The maximum Gasteiger partial charge on any atom is 0.233 e. The zero-order valence-corrected chi connectivity index (χ0v) is 15.0. The summed E-state index contributed by atoms with van der Waals surface area (Å²) in [6, 6.07) is 10.8. The smallest absolute Gasteiger partial charge is 0.233 e. The summed E-state index contributed by atoms with van der Waals surface area (Å²) < 4.78 is 6.58. The summed E-state index contributed by atoms with van der Waals surface area (Å²) in [5.41, 5.74) is 0.687. The van der Waals surface area contributed by atoms with Gasteiger partial charge >= 0.3 is 0 Å². The van der Waals surface area contributed by atoms with Gasteiger partial charge in [-0.15, -0.1) is 10.2 Å². The highest BCUT2D eigenvalue weighted by molar-refractivity contribution is 7.99. The Morgan fingerprint density at radius 2 is 2.12 bits per heavy atom. The fraction of sp³-hybridized carbons (Fsp3) is 0.188. The molecule has 3 rings (SSSR count). The molecule has 2 heterocycles. The fourth-order valence-corrected chi connectivity index (χ4v) is 3.18. The first-order valence-electron chi connectivity index (χ1n) is 7.41. The van der Waals surface area contributed by atoms with Crippen molar-refractivity contribution in [2.24, 2.45) is 0 Å². The number of nitrogens with two attached hydrogens (primary N) is 1. The number of benzene rings is 1. The molecule has 0 unspecified atom stereocenters. The van der Waals surface area contributed by atoms with E-state index >= 15 is 0 Å². The van der Waals surface area contributed by atoms with Crippen molar-refractivity contribution in [2.45, 2.75) is 11.7 Å². The van der Waals surface area contributed by atoms with E-state index in [1.165, 1.54) is 16.4 Å². The SMILES string of the molecule is CN(Cc1ccco1)C(=O)CSc1nnc(-c2ccccc2Cl)n1N. The van der Waals surface area contributed by atoms with E-state index in [1.807, 2.05) is 24.3 Å². The largest absolute Gasteiger partial charge is 0.467 e. The Morgan fingerprint density at radius 1 is 1.32 bits per heavy atom. The first-order valence-corrected chi connectivity index (χ1v) is 8.77. The molecule has 3 aromatic rings. The number of hydrogen-bond acceptors (Lipinski definition) is 6. The van der Waals surface area contributed by atoms with Crippen LogP contribution in [0.1, 0.15) is 5.76 Å². The highest BCUT2D eigenvalue weighted by atomic mass is 35.5. The van der Waals surface area contributed by atoms with Crippen LogP contribution in [-0.2, 0) is 11.3 Å². The number of furan rings is 1. The van der Waals surface area contributed by atoms with Gasteiger partial charge in [0.1, 0.15) is 5.76 Å². The number of carbonyl (C=O) groups is 1. The van der Waals surface area contributed by atoms with Gasteiger partial charge in [0.05, 0.1) is 23.6 Å². The molecule has 0 aliphatic carbocycles. The van der Waals surface area contributed by atoms with Crippen LogP contribution >= 0.6 is 23.4 Å². The quantitative estimate of drug-likeness (QED) is 0.524. The van der Waals surface area contributed by atoms with Gasteiger partial charge in [0.25, 0.3) is 0 Å². The van der Waals surface area contributed by atoms with Gasteiger partial charge in [-0.1, -0.05) is 35.5 Å². The van der Waals surface area contributed by atoms with E-state index < -0.39 is 0 Å². The second-order valence-electron chi connectivity index (χ2n) is 5.27. The van der Waals surface area contributed by atoms with Crippen LogP contribution in [0.25, 0.3) is 11.4 Å². The third-order valence-corrected chi connectivity index (χ3v) is 4.76. The molecule has 0 saturated carbocycles. The molecule has 130 valence electrons. The normalized spacial score (nSPS) is 10.8. The van der Waals surface area contributed by atoms with Gasteiger partial charge in [0.15, 0.2) is 5.82 Å². The summed E-state index contributed by atoms with van der Waals surface area (Å²) in [5.74, 6) is 7.35. The topological polar surface area (TPSA) is 90.2 Å². The average Bonchev–Trinajstić information content (AvgIpc) is 3.23. The Kier molecular flexibility index (Phi) is 5.30. The predicted molar refractivity (Wildman–Crippen MR) is 96.5 cm³/mol. The Bertz CT molecular complexity index is 865. The lowest BCUT2D eigenvalue weighted by molar-refractivity contribution is -0.127. The molecule has 0 saturated heterocycles. The number of halogens is 1. The molecule has 0 bridgehead atoms. The minimum atomic E-state index is -0.0660. The van der Waals surface area contributed by atoms with Gasteiger partial charge in [-0.3, -0.25) is 4.79 Å². The van der Waals surface area contributed by atoms with E-state index in [2.05, 4.69) is 10.2 Å². The van der Waals surface area contributed by atoms with E-state index in [9.17, 15) is 4.79 Å². The maximum absolute atomic E-state index is 12.2. The van der Waals surface area contributed by atoms with Crippen molar-refractivity contribution in [2.75, 3.05) is 18.6 Å². The third-order valence-electron chi connectivity index (χ3n) is 3.50. The van der Waals surface area contributed by atoms with Gasteiger partial charge in [-0.05, 0) is 24.3 Å². The molecule has 0 radical (unpaired) electrons. The summed E-state index contributed by atoms with van der Waals surface area (Å²) in [4.78, 5) is 13.8. The zero-order chi connectivity index (χ0) is 17.8. The molecule has 0 aliphatic rings. The Hall–Kier alpha value is -2.45. The van der Waals surface area contributed by atoms with Crippen LogP contribution in [0.2, 0.25) is 5.02 Å². The Morgan fingerprint density at radius 3 is 2.84 bits per heavy atom. The number of amides is 1. The zero-order valence-electron chi connectivity index (χ0n) is 13.4. The molecule has 2 aromatic heterocycles. The average molecular weight is 378 g/mol. The van der Waals surface area contributed by atoms with Crippen molar-refractivity contribution < 1.29 is 9.21 Å². The number of rotatable bonds is 6. The van der Waals surface area contributed by atoms with Crippen LogP contribution in [-0.4, -0.2) is 38.5 Å². The monoisotopic (exact) mass is 377 g/mol. The lowest BCUT2D eigenvalue weighted by atomic mass is 10.2. The minimum Gasteiger partial charge on any atom is -0.467 e. The number of aromatic nitrogens is 3. The van der Waals surface area contributed by atoms with Crippen molar-refractivity contribution in [1.82, 2.24) is 19.8 Å². The lowest BCUT2D eigenvalue weighted by Crippen LogP contribution is -2.27. The highest BCUT2D eigenvalue weighted by Crippen LogP contribution is 2.27. The van der Waals surface area contributed by atoms with E-state index in [1.54, 1.807) is 30.3 Å². The lowest BCUT2D eigenvalue weighted by Gasteiger charge is -2.15. The first kappa shape index (κ1) is 17.4. The number of thioether (sulfide) groups is 1. The Balaban J connectivity index is 1.64. The van der Waals surface area contributed by atoms with Crippen molar-refractivity contribution in [1.29, 1.82) is 0 Å². The van der Waals surface area contributed by atoms with Crippen LogP contribution in [0.3, 0.4) is 0 Å².